The molecule has 0 atom stereocenters. The molecular formula is C10H7F3N2O2. The molecule has 0 unspecified atom stereocenters. The fourth-order valence-corrected chi connectivity index (χ4v) is 0.830. The van der Waals surface area contributed by atoms with Crippen LogP contribution < -0.4 is 0 Å². The smallest absolute Gasteiger partial charge is 0.451 e. The summed E-state index contributed by atoms with van der Waals surface area (Å²) in [6.07, 6.45) is -2.82. The topological polar surface area (TPSA) is 52.1 Å². The molecule has 17 heavy (non-hydrogen) atoms. The van der Waals surface area contributed by atoms with Crippen LogP contribution in [0.2, 0.25) is 0 Å². The van der Waals surface area contributed by atoms with E-state index in [2.05, 4.69) is 26.5 Å². The molecule has 1 rings (SSSR count). The maximum absolute atomic E-state index is 12.1. The molecule has 0 aliphatic carbocycles. The van der Waals surface area contributed by atoms with Gasteiger partial charge in [-0.05, 0) is 0 Å². The van der Waals surface area contributed by atoms with Crippen molar-refractivity contribution in [2.24, 2.45) is 0 Å². The second-order valence-electron chi connectivity index (χ2n) is 2.85. The molecule has 0 amide bonds. The van der Waals surface area contributed by atoms with Gasteiger partial charge in [0, 0.05) is 12.4 Å². The summed E-state index contributed by atoms with van der Waals surface area (Å²) < 4.78 is 40.6. The largest absolute Gasteiger partial charge is 0.468 e. The Kier molecular flexibility index (Phi) is 4.04. The van der Waals surface area contributed by atoms with Gasteiger partial charge < -0.3 is 4.74 Å². The highest BCUT2D eigenvalue weighted by Crippen LogP contribution is 2.25. The molecule has 0 bridgehead atoms. The zero-order chi connectivity index (χ0) is 12.9. The number of esters is 1. The lowest BCUT2D eigenvalue weighted by Gasteiger charge is -2.02. The molecule has 0 fully saturated rings. The normalized spacial score (nSPS) is 10.4. The van der Waals surface area contributed by atoms with Crippen molar-refractivity contribution in [1.29, 1.82) is 0 Å². The number of ether oxygens (including phenoxy) is 1. The molecule has 1 aromatic heterocycles. The molecule has 0 saturated carbocycles. The molecule has 7 heteroatoms. The van der Waals surface area contributed by atoms with Crippen LogP contribution in [0.4, 0.5) is 13.2 Å². The minimum Gasteiger partial charge on any atom is -0.468 e. The number of hydrogen-bond donors (Lipinski definition) is 0. The van der Waals surface area contributed by atoms with Crippen LogP contribution >= 0.6 is 0 Å². The van der Waals surface area contributed by atoms with Gasteiger partial charge in [0.2, 0.25) is 5.82 Å². The highest BCUT2D eigenvalue weighted by atomic mass is 19.4. The first-order valence-electron chi connectivity index (χ1n) is 4.38. The third-order valence-corrected chi connectivity index (χ3v) is 1.60. The lowest BCUT2D eigenvalue weighted by atomic mass is 10.3. The molecule has 4 nitrogen and oxygen atoms in total. The summed E-state index contributed by atoms with van der Waals surface area (Å²) in [6, 6.07) is 0. The number of halogens is 3. The van der Waals surface area contributed by atoms with E-state index in [4.69, 9.17) is 0 Å². The second-order valence-corrected chi connectivity index (χ2v) is 2.85. The van der Waals surface area contributed by atoms with Crippen molar-refractivity contribution in [3.63, 3.8) is 0 Å². The number of carbonyl (C=O) groups is 1. The van der Waals surface area contributed by atoms with Gasteiger partial charge in [-0.1, -0.05) is 11.8 Å². The first-order valence-corrected chi connectivity index (χ1v) is 4.38. The number of carbonyl (C=O) groups excluding carboxylic acids is 1. The Balaban J connectivity index is 2.72. The molecule has 90 valence electrons. The highest BCUT2D eigenvalue weighted by molar-refractivity contribution is 5.72. The van der Waals surface area contributed by atoms with Gasteiger partial charge in [-0.15, -0.1) is 0 Å². The van der Waals surface area contributed by atoms with Gasteiger partial charge in [-0.2, -0.15) is 13.2 Å². The van der Waals surface area contributed by atoms with Crippen molar-refractivity contribution in [1.82, 2.24) is 9.97 Å². The summed E-state index contributed by atoms with van der Waals surface area (Å²) in [5.41, 5.74) is 0.196. The van der Waals surface area contributed by atoms with Crippen LogP contribution in [0, 0.1) is 11.8 Å². The Bertz CT molecular complexity index is 457. The molecule has 0 radical (unpaired) electrons. The lowest BCUT2D eigenvalue weighted by Crippen LogP contribution is -2.10. The first-order chi connectivity index (χ1) is 7.93. The van der Waals surface area contributed by atoms with Gasteiger partial charge in [0.25, 0.3) is 0 Å². The van der Waals surface area contributed by atoms with Crippen LogP contribution in [0.15, 0.2) is 12.4 Å². The fourth-order valence-electron chi connectivity index (χ4n) is 0.830. The van der Waals surface area contributed by atoms with Crippen LogP contribution in [-0.4, -0.2) is 23.0 Å². The average Bonchev–Trinajstić information content (AvgIpc) is 2.28. The van der Waals surface area contributed by atoms with E-state index in [9.17, 15) is 18.0 Å². The van der Waals surface area contributed by atoms with Gasteiger partial charge in [0.05, 0.1) is 12.7 Å². The summed E-state index contributed by atoms with van der Waals surface area (Å²) >= 11 is 0. The monoisotopic (exact) mass is 244 g/mol. The van der Waals surface area contributed by atoms with E-state index in [1.165, 1.54) is 7.11 Å². The number of methoxy groups -OCH3 is 1. The summed E-state index contributed by atoms with van der Waals surface area (Å²) in [5.74, 6) is 3.12. The molecule has 0 aliphatic heterocycles. The Morgan fingerprint density at radius 3 is 2.47 bits per heavy atom. The van der Waals surface area contributed by atoms with Gasteiger partial charge in [-0.3, -0.25) is 4.79 Å². The molecule has 0 spiro atoms. The zero-order valence-corrected chi connectivity index (χ0v) is 8.71. The van der Waals surface area contributed by atoms with Crippen LogP contribution in [-0.2, 0) is 15.7 Å². The van der Waals surface area contributed by atoms with E-state index < -0.39 is 18.0 Å². The summed E-state index contributed by atoms with van der Waals surface area (Å²) in [4.78, 5) is 16.9. The van der Waals surface area contributed by atoms with Crippen molar-refractivity contribution in [2.75, 3.05) is 7.11 Å². The van der Waals surface area contributed by atoms with Gasteiger partial charge in [0.1, 0.15) is 6.42 Å². The minimum absolute atomic E-state index is 0.141. The van der Waals surface area contributed by atoms with Crippen molar-refractivity contribution >= 4 is 5.97 Å². The molecule has 0 aromatic carbocycles. The van der Waals surface area contributed by atoms with Gasteiger partial charge in [-0.25, -0.2) is 9.97 Å². The third-order valence-electron chi connectivity index (χ3n) is 1.60. The van der Waals surface area contributed by atoms with E-state index in [0.29, 0.717) is 0 Å². The Hall–Kier alpha value is -2.10. The van der Waals surface area contributed by atoms with Crippen molar-refractivity contribution in [3.05, 3.63) is 23.8 Å². The molecular weight excluding hydrogens is 237 g/mol. The first kappa shape index (κ1) is 13.0. The third kappa shape index (κ3) is 4.10. The van der Waals surface area contributed by atoms with E-state index in [1.54, 1.807) is 0 Å². The maximum atomic E-state index is 12.1. The fraction of sp³-hybridized carbons (Fsp3) is 0.300. The predicted molar refractivity (Wildman–Crippen MR) is 50.5 cm³/mol. The van der Waals surface area contributed by atoms with Crippen LogP contribution in [0.3, 0.4) is 0 Å². The highest BCUT2D eigenvalue weighted by Gasteiger charge is 2.34. The van der Waals surface area contributed by atoms with Crippen LogP contribution in [0.1, 0.15) is 17.8 Å². The van der Waals surface area contributed by atoms with E-state index >= 15 is 0 Å². The van der Waals surface area contributed by atoms with Crippen molar-refractivity contribution < 1.29 is 22.7 Å². The van der Waals surface area contributed by atoms with Gasteiger partial charge in [0.15, 0.2) is 0 Å². The summed E-state index contributed by atoms with van der Waals surface area (Å²) in [5, 5.41) is 0. The molecule has 1 heterocycles. The summed E-state index contributed by atoms with van der Waals surface area (Å²) in [7, 11) is 1.21. The zero-order valence-electron chi connectivity index (χ0n) is 8.71. The standard InChI is InChI=1S/C10H7F3N2O2/c1-17-8(16)4-2-3-7-5-14-9(15-6-7)10(11,12)13/h5-6H,4H2,1H3. The summed E-state index contributed by atoms with van der Waals surface area (Å²) in [6.45, 7) is 0. The van der Waals surface area contributed by atoms with E-state index in [1.807, 2.05) is 0 Å². The number of nitrogens with zero attached hydrogens (tertiary/aromatic N) is 2. The second kappa shape index (κ2) is 5.30. The van der Waals surface area contributed by atoms with E-state index in [-0.39, 0.29) is 12.0 Å². The quantitative estimate of drug-likeness (QED) is 0.553. The van der Waals surface area contributed by atoms with Crippen LogP contribution in [0.25, 0.3) is 0 Å². The van der Waals surface area contributed by atoms with Gasteiger partial charge >= 0.3 is 12.1 Å². The number of hydrogen-bond acceptors (Lipinski definition) is 4. The molecule has 0 N–H and O–H groups in total. The molecule has 0 aliphatic rings. The number of rotatable bonds is 1. The lowest BCUT2D eigenvalue weighted by molar-refractivity contribution is -0.145. The minimum atomic E-state index is -4.57. The number of aromatic nitrogens is 2. The Morgan fingerprint density at radius 1 is 1.41 bits per heavy atom. The average molecular weight is 244 g/mol. The molecule has 1 aromatic rings. The van der Waals surface area contributed by atoms with E-state index in [0.717, 1.165) is 12.4 Å². The predicted octanol–water partition coefficient (Wildman–Crippen LogP) is 1.41. The number of alkyl halides is 3. The maximum Gasteiger partial charge on any atom is 0.451 e. The molecule has 0 saturated heterocycles. The van der Waals surface area contributed by atoms with Crippen molar-refractivity contribution in [3.8, 4) is 11.8 Å². The Morgan fingerprint density at radius 2 is 2.00 bits per heavy atom. The van der Waals surface area contributed by atoms with Crippen molar-refractivity contribution in [2.45, 2.75) is 12.6 Å². The SMILES string of the molecule is COC(=O)CC#Cc1cnc(C(F)(F)F)nc1. The Labute approximate surface area is 94.8 Å². The van der Waals surface area contributed by atoms with Crippen LogP contribution in [0.5, 0.6) is 0 Å².